The van der Waals surface area contributed by atoms with Gasteiger partial charge in [-0.3, -0.25) is 19.4 Å². The number of aliphatic hydroxyl groups is 3. The standard InChI is InChI=1S/C31H40FN3O6/c1-7-34(5)25-19-11-15-10-18-23(20(36)12-16(24(18)32)13-35(6)30(3,4)17-8-9-17)26(37)22(15)28(39)31(19,41)14(2)21(27(25)38)29(33)40/h12,15,17,19,25,36-38,41H,2,7-11,13H2,1,3-6H3,(H2,33,40)/t15-,19-,25-,31-/m0/s1. The summed E-state index contributed by atoms with van der Waals surface area (Å²) in [4.78, 5) is 30.2. The number of fused-ring (bicyclic) bond motifs is 3. The number of primary amides is 1. The summed E-state index contributed by atoms with van der Waals surface area (Å²) < 4.78 is 16.1. The normalized spacial score (nSPS) is 28.3. The fraction of sp³-hybridized carbons (Fsp3) is 0.548. The molecule has 1 aromatic rings. The van der Waals surface area contributed by atoms with Crippen LogP contribution < -0.4 is 5.73 Å². The number of phenols is 1. The van der Waals surface area contributed by atoms with E-state index in [1.54, 1.807) is 11.9 Å². The maximum Gasteiger partial charge on any atom is 0.252 e. The second kappa shape index (κ2) is 9.68. The highest BCUT2D eigenvalue weighted by Crippen LogP contribution is 2.55. The number of amides is 1. The highest BCUT2D eigenvalue weighted by molar-refractivity contribution is 6.13. The summed E-state index contributed by atoms with van der Waals surface area (Å²) in [7, 11) is 3.60. The second-order valence-corrected chi connectivity index (χ2v) is 12.7. The van der Waals surface area contributed by atoms with Crippen LogP contribution in [0.5, 0.6) is 5.75 Å². The highest BCUT2D eigenvalue weighted by atomic mass is 19.1. The average Bonchev–Trinajstić information content (AvgIpc) is 3.75. The van der Waals surface area contributed by atoms with Crippen LogP contribution in [0.25, 0.3) is 5.76 Å². The van der Waals surface area contributed by atoms with E-state index in [0.717, 1.165) is 12.8 Å². The predicted molar refractivity (Wildman–Crippen MR) is 151 cm³/mol. The van der Waals surface area contributed by atoms with Gasteiger partial charge in [0.15, 0.2) is 11.4 Å². The number of hydrogen-bond acceptors (Lipinski definition) is 8. The molecule has 0 radical (unpaired) electrons. The molecule has 222 valence electrons. The minimum absolute atomic E-state index is 0.00179. The number of phenolic OH excluding ortho intramolecular Hbond substituents is 1. The first-order valence-electron chi connectivity index (χ1n) is 14.2. The Morgan fingerprint density at radius 2 is 1.88 bits per heavy atom. The monoisotopic (exact) mass is 569 g/mol. The van der Waals surface area contributed by atoms with E-state index >= 15 is 4.39 Å². The summed E-state index contributed by atoms with van der Waals surface area (Å²) >= 11 is 0. The number of nitrogens with zero attached hydrogens (tertiary/aromatic N) is 2. The van der Waals surface area contributed by atoms with Gasteiger partial charge in [-0.2, -0.15) is 0 Å². The third-order valence-electron chi connectivity index (χ3n) is 10.3. The minimum atomic E-state index is -2.35. The van der Waals surface area contributed by atoms with E-state index in [9.17, 15) is 30.0 Å². The fourth-order valence-corrected chi connectivity index (χ4v) is 7.30. The van der Waals surface area contributed by atoms with Gasteiger partial charge in [-0.05, 0) is 78.1 Å². The number of nitrogens with two attached hydrogens (primary N) is 1. The highest BCUT2D eigenvalue weighted by Gasteiger charge is 2.62. The lowest BCUT2D eigenvalue weighted by atomic mass is 9.56. The zero-order valence-corrected chi connectivity index (χ0v) is 24.3. The Hall–Kier alpha value is -3.21. The molecule has 2 fully saturated rings. The van der Waals surface area contributed by atoms with E-state index in [-0.39, 0.29) is 64.3 Å². The molecular formula is C31H40FN3O6. The molecule has 0 heterocycles. The quantitative estimate of drug-likeness (QED) is 0.337. The molecule has 1 amide bonds. The Balaban J connectivity index is 1.61. The molecule has 4 aliphatic rings. The van der Waals surface area contributed by atoms with Crippen molar-refractivity contribution < 1.29 is 34.4 Å². The van der Waals surface area contributed by atoms with Gasteiger partial charge in [0.25, 0.3) is 5.91 Å². The van der Waals surface area contributed by atoms with Gasteiger partial charge < -0.3 is 26.2 Å². The molecule has 0 aromatic heterocycles. The van der Waals surface area contributed by atoms with Crippen molar-refractivity contribution in [2.45, 2.75) is 70.2 Å². The third kappa shape index (κ3) is 4.13. The van der Waals surface area contributed by atoms with Crippen molar-refractivity contribution in [3.05, 3.63) is 57.6 Å². The van der Waals surface area contributed by atoms with Gasteiger partial charge in [-0.15, -0.1) is 0 Å². The van der Waals surface area contributed by atoms with Crippen LogP contribution >= 0.6 is 0 Å². The lowest BCUT2D eigenvalue weighted by Gasteiger charge is -2.52. The van der Waals surface area contributed by atoms with E-state index in [0.29, 0.717) is 12.5 Å². The van der Waals surface area contributed by atoms with Crippen LogP contribution in [-0.4, -0.2) is 79.7 Å². The van der Waals surface area contributed by atoms with Crippen LogP contribution in [0.2, 0.25) is 0 Å². The van der Waals surface area contributed by atoms with Crippen molar-refractivity contribution >= 4 is 17.4 Å². The number of halogens is 1. The first kappa shape index (κ1) is 29.3. The summed E-state index contributed by atoms with van der Waals surface area (Å²) in [6.45, 7) is 10.5. The summed E-state index contributed by atoms with van der Waals surface area (Å²) in [6.07, 6.45) is 2.31. The van der Waals surface area contributed by atoms with Crippen LogP contribution in [-0.2, 0) is 22.6 Å². The summed E-state index contributed by atoms with van der Waals surface area (Å²) in [5.74, 6) is -4.99. The van der Waals surface area contributed by atoms with E-state index in [4.69, 9.17) is 5.73 Å². The zero-order chi connectivity index (χ0) is 30.3. The third-order valence-corrected chi connectivity index (χ3v) is 10.3. The van der Waals surface area contributed by atoms with Gasteiger partial charge in [0.2, 0.25) is 0 Å². The van der Waals surface area contributed by atoms with Gasteiger partial charge in [-0.25, -0.2) is 4.39 Å². The topological polar surface area (TPSA) is 148 Å². The Morgan fingerprint density at radius 3 is 2.44 bits per heavy atom. The van der Waals surface area contributed by atoms with Crippen molar-refractivity contribution in [3.63, 3.8) is 0 Å². The summed E-state index contributed by atoms with van der Waals surface area (Å²) in [5.41, 5.74) is 2.33. The molecule has 10 heteroatoms. The molecule has 0 aliphatic heterocycles. The molecule has 0 bridgehead atoms. The van der Waals surface area contributed by atoms with Crippen LogP contribution in [0.1, 0.15) is 56.7 Å². The number of aromatic hydroxyl groups is 1. The average molecular weight is 570 g/mol. The lowest BCUT2D eigenvalue weighted by molar-refractivity contribution is -0.143. The number of carbonyl (C=O) groups excluding carboxylic acids is 2. The molecule has 5 rings (SSSR count). The van der Waals surface area contributed by atoms with Crippen molar-refractivity contribution in [3.8, 4) is 5.75 Å². The Morgan fingerprint density at radius 1 is 1.24 bits per heavy atom. The van der Waals surface area contributed by atoms with Crippen LogP contribution in [0.15, 0.2) is 35.1 Å². The van der Waals surface area contributed by atoms with Crippen molar-refractivity contribution in [2.75, 3.05) is 20.6 Å². The molecule has 4 aliphatic carbocycles. The molecule has 9 nitrogen and oxygen atoms in total. The molecule has 6 N–H and O–H groups in total. The van der Waals surface area contributed by atoms with Crippen LogP contribution in [0.4, 0.5) is 4.39 Å². The molecule has 0 spiro atoms. The van der Waals surface area contributed by atoms with Crippen LogP contribution in [0, 0.1) is 23.6 Å². The number of ketones is 1. The first-order valence-corrected chi connectivity index (χ1v) is 14.2. The molecule has 0 saturated heterocycles. The van der Waals surface area contributed by atoms with E-state index in [1.165, 1.54) is 6.07 Å². The Labute approximate surface area is 239 Å². The number of aliphatic hydroxyl groups excluding tert-OH is 2. The van der Waals surface area contributed by atoms with Crippen molar-refractivity contribution in [1.82, 2.24) is 9.80 Å². The van der Waals surface area contributed by atoms with E-state index in [1.807, 2.05) is 14.0 Å². The Kier molecular flexibility index (Phi) is 6.91. The number of benzene rings is 1. The predicted octanol–water partition coefficient (Wildman–Crippen LogP) is 3.10. The van der Waals surface area contributed by atoms with Crippen molar-refractivity contribution in [2.24, 2.45) is 23.5 Å². The van der Waals surface area contributed by atoms with E-state index in [2.05, 4.69) is 25.3 Å². The molecule has 0 unspecified atom stereocenters. The van der Waals surface area contributed by atoms with Gasteiger partial charge in [0.05, 0.1) is 17.2 Å². The van der Waals surface area contributed by atoms with E-state index < -0.39 is 52.3 Å². The maximum absolute atomic E-state index is 16.1. The minimum Gasteiger partial charge on any atom is -0.510 e. The largest absolute Gasteiger partial charge is 0.510 e. The maximum atomic E-state index is 16.1. The fourth-order valence-electron chi connectivity index (χ4n) is 7.30. The zero-order valence-electron chi connectivity index (χ0n) is 24.3. The van der Waals surface area contributed by atoms with Crippen LogP contribution in [0.3, 0.4) is 0 Å². The molecule has 1 aromatic carbocycles. The smallest absolute Gasteiger partial charge is 0.252 e. The van der Waals surface area contributed by atoms with Gasteiger partial charge in [0.1, 0.15) is 23.1 Å². The van der Waals surface area contributed by atoms with Gasteiger partial charge in [0, 0.05) is 40.3 Å². The van der Waals surface area contributed by atoms with Gasteiger partial charge >= 0.3 is 0 Å². The number of likely N-dealkylation sites (N-methyl/N-ethyl adjacent to an activating group) is 1. The number of hydrogen-bond donors (Lipinski definition) is 5. The van der Waals surface area contributed by atoms with Crippen molar-refractivity contribution in [1.29, 1.82) is 0 Å². The molecule has 4 atom stereocenters. The second-order valence-electron chi connectivity index (χ2n) is 12.7. The number of Topliss-reactive ketones (excluding diaryl/α,β-unsaturated/α-hetero) is 1. The SMILES string of the molecule is C=C1C(C(N)=O)=C(O)[C@@H](N(C)CC)[C@@H]2C[C@@H]3Cc4c(F)c(CN(C)C(C)(C)C5CC5)cc(O)c4C(O)=C3C(=O)[C@]12O. The molecular weight excluding hydrogens is 529 g/mol. The lowest BCUT2D eigenvalue weighted by Crippen LogP contribution is -2.63. The summed E-state index contributed by atoms with van der Waals surface area (Å²) in [5, 5.41) is 45.5. The first-order chi connectivity index (χ1) is 19.1. The summed E-state index contributed by atoms with van der Waals surface area (Å²) in [6, 6.07) is 0.336. The number of carbonyl (C=O) groups is 2. The van der Waals surface area contributed by atoms with Gasteiger partial charge in [-0.1, -0.05) is 13.5 Å². The molecule has 2 saturated carbocycles. The number of rotatable bonds is 7. The Bertz CT molecular complexity index is 1430. The molecule has 41 heavy (non-hydrogen) atoms.